The largest absolute Gasteiger partial charge is 0.496 e. The smallest absolute Gasteiger partial charge is 0.142 e. The average molecular weight is 308 g/mol. The molecular weight excluding hydrogens is 289 g/mol. The summed E-state index contributed by atoms with van der Waals surface area (Å²) in [5.41, 5.74) is 3.12. The Labute approximate surface area is 129 Å². The van der Waals surface area contributed by atoms with E-state index in [2.05, 4.69) is 11.4 Å². The predicted molar refractivity (Wildman–Crippen MR) is 84.6 cm³/mol. The highest BCUT2D eigenvalue weighted by Gasteiger charge is 2.15. The summed E-state index contributed by atoms with van der Waals surface area (Å²) in [5, 5.41) is 3.36. The zero-order chi connectivity index (χ0) is 15.4. The van der Waals surface area contributed by atoms with E-state index in [9.17, 15) is 4.39 Å². The zero-order valence-corrected chi connectivity index (χ0v) is 13.2. The standard InChI is InChI=1S/C17H19ClFNO/c1-11-4-7-17(21-3)13(8-11)10-16(20-2)12-5-6-14(18)15(19)9-12/h4-9,16,20H,10H2,1-3H3. The van der Waals surface area contributed by atoms with Gasteiger partial charge in [0.1, 0.15) is 11.6 Å². The van der Waals surface area contributed by atoms with Crippen LogP contribution in [0.4, 0.5) is 4.39 Å². The highest BCUT2D eigenvalue weighted by molar-refractivity contribution is 6.30. The van der Waals surface area contributed by atoms with Gasteiger partial charge in [-0.1, -0.05) is 35.4 Å². The van der Waals surface area contributed by atoms with Gasteiger partial charge in [0.15, 0.2) is 0 Å². The number of ether oxygens (including phenoxy) is 1. The predicted octanol–water partition coefficient (Wildman–Crippen LogP) is 4.30. The molecule has 0 aliphatic heterocycles. The molecule has 0 aliphatic carbocycles. The minimum atomic E-state index is -0.398. The van der Waals surface area contributed by atoms with Gasteiger partial charge in [-0.15, -0.1) is 0 Å². The first-order valence-electron chi connectivity index (χ1n) is 6.81. The van der Waals surface area contributed by atoms with Crippen molar-refractivity contribution in [1.82, 2.24) is 5.32 Å². The van der Waals surface area contributed by atoms with Crippen molar-refractivity contribution in [3.63, 3.8) is 0 Å². The molecule has 0 saturated carbocycles. The SMILES string of the molecule is CNC(Cc1cc(C)ccc1OC)c1ccc(Cl)c(F)c1. The molecule has 2 nitrogen and oxygen atoms in total. The van der Waals surface area contributed by atoms with Crippen LogP contribution in [0.25, 0.3) is 0 Å². The van der Waals surface area contributed by atoms with Crippen LogP contribution in [-0.2, 0) is 6.42 Å². The van der Waals surface area contributed by atoms with Gasteiger partial charge in [-0.25, -0.2) is 4.39 Å². The summed E-state index contributed by atoms with van der Waals surface area (Å²) in [4.78, 5) is 0. The second kappa shape index (κ2) is 6.92. The Hall–Kier alpha value is -1.58. The molecule has 2 aromatic carbocycles. The third-order valence-electron chi connectivity index (χ3n) is 3.55. The van der Waals surface area contributed by atoms with E-state index in [1.165, 1.54) is 11.6 Å². The third-order valence-corrected chi connectivity index (χ3v) is 3.86. The molecule has 0 aromatic heterocycles. The molecule has 0 heterocycles. The van der Waals surface area contributed by atoms with Gasteiger partial charge in [0, 0.05) is 6.04 Å². The average Bonchev–Trinajstić information content (AvgIpc) is 2.48. The summed E-state index contributed by atoms with van der Waals surface area (Å²) < 4.78 is 19.0. The van der Waals surface area contributed by atoms with Crippen LogP contribution in [-0.4, -0.2) is 14.2 Å². The molecule has 0 amide bonds. The maximum atomic E-state index is 13.6. The van der Waals surface area contributed by atoms with Gasteiger partial charge in [0.05, 0.1) is 12.1 Å². The van der Waals surface area contributed by atoms with Gasteiger partial charge in [-0.2, -0.15) is 0 Å². The molecule has 1 unspecified atom stereocenters. The molecule has 1 atom stereocenters. The van der Waals surface area contributed by atoms with Crippen molar-refractivity contribution < 1.29 is 9.13 Å². The van der Waals surface area contributed by atoms with Crippen molar-refractivity contribution in [3.05, 3.63) is 63.9 Å². The molecule has 4 heteroatoms. The lowest BCUT2D eigenvalue weighted by Crippen LogP contribution is -2.19. The van der Waals surface area contributed by atoms with Gasteiger partial charge in [-0.05, 0) is 49.7 Å². The van der Waals surface area contributed by atoms with Crippen molar-refractivity contribution in [3.8, 4) is 5.75 Å². The monoisotopic (exact) mass is 307 g/mol. The molecule has 2 aromatic rings. The fraction of sp³-hybridized carbons (Fsp3) is 0.294. The Bertz CT molecular complexity index is 630. The van der Waals surface area contributed by atoms with Crippen LogP contribution in [0, 0.1) is 12.7 Å². The molecule has 0 saturated heterocycles. The Kier molecular flexibility index (Phi) is 5.21. The number of halogens is 2. The van der Waals surface area contributed by atoms with E-state index >= 15 is 0 Å². The van der Waals surface area contributed by atoms with Crippen LogP contribution < -0.4 is 10.1 Å². The highest BCUT2D eigenvalue weighted by Crippen LogP contribution is 2.27. The number of aryl methyl sites for hydroxylation is 1. The molecule has 0 aliphatic rings. The highest BCUT2D eigenvalue weighted by atomic mass is 35.5. The lowest BCUT2D eigenvalue weighted by Gasteiger charge is -2.19. The second-order valence-electron chi connectivity index (χ2n) is 5.03. The molecule has 1 N–H and O–H groups in total. The Morgan fingerprint density at radius 3 is 2.62 bits per heavy atom. The van der Waals surface area contributed by atoms with Gasteiger partial charge < -0.3 is 10.1 Å². The first-order chi connectivity index (χ1) is 10.0. The number of benzene rings is 2. The normalized spacial score (nSPS) is 12.2. The quantitative estimate of drug-likeness (QED) is 0.889. The third kappa shape index (κ3) is 3.74. The summed E-state index contributed by atoms with van der Waals surface area (Å²) in [7, 11) is 3.52. The second-order valence-corrected chi connectivity index (χ2v) is 5.44. The van der Waals surface area contributed by atoms with E-state index in [-0.39, 0.29) is 11.1 Å². The van der Waals surface area contributed by atoms with Crippen LogP contribution in [0.5, 0.6) is 5.75 Å². The fourth-order valence-electron chi connectivity index (χ4n) is 2.40. The van der Waals surface area contributed by atoms with Crippen LogP contribution in [0.1, 0.15) is 22.7 Å². The zero-order valence-electron chi connectivity index (χ0n) is 12.4. The van der Waals surface area contributed by atoms with Crippen molar-refractivity contribution in [1.29, 1.82) is 0 Å². The molecule has 0 radical (unpaired) electrons. The first-order valence-corrected chi connectivity index (χ1v) is 7.18. The number of hydrogen-bond donors (Lipinski definition) is 1. The summed E-state index contributed by atoms with van der Waals surface area (Å²) in [6.07, 6.45) is 0.711. The maximum Gasteiger partial charge on any atom is 0.142 e. The molecular formula is C17H19ClFNO. The molecule has 0 bridgehead atoms. The van der Waals surface area contributed by atoms with Gasteiger partial charge in [0.2, 0.25) is 0 Å². The van der Waals surface area contributed by atoms with Gasteiger partial charge >= 0.3 is 0 Å². The van der Waals surface area contributed by atoms with E-state index < -0.39 is 5.82 Å². The summed E-state index contributed by atoms with van der Waals surface area (Å²) in [6, 6.07) is 11.0. The Morgan fingerprint density at radius 1 is 1.24 bits per heavy atom. The van der Waals surface area contributed by atoms with Crippen molar-refractivity contribution in [2.75, 3.05) is 14.2 Å². The van der Waals surface area contributed by atoms with Gasteiger partial charge in [0.25, 0.3) is 0 Å². The number of nitrogens with one attached hydrogen (secondary N) is 1. The number of likely N-dealkylation sites (N-methyl/N-ethyl adjacent to an activating group) is 1. The minimum Gasteiger partial charge on any atom is -0.496 e. The van der Waals surface area contributed by atoms with E-state index in [0.717, 1.165) is 16.9 Å². The van der Waals surface area contributed by atoms with Crippen molar-refractivity contribution in [2.24, 2.45) is 0 Å². The fourth-order valence-corrected chi connectivity index (χ4v) is 2.52. The van der Waals surface area contributed by atoms with E-state index in [4.69, 9.17) is 16.3 Å². The lowest BCUT2D eigenvalue weighted by molar-refractivity contribution is 0.406. The summed E-state index contributed by atoms with van der Waals surface area (Å²) >= 11 is 5.74. The number of rotatable bonds is 5. The Balaban J connectivity index is 2.30. The van der Waals surface area contributed by atoms with E-state index in [1.54, 1.807) is 13.2 Å². The van der Waals surface area contributed by atoms with Crippen LogP contribution in [0.15, 0.2) is 36.4 Å². The molecule has 21 heavy (non-hydrogen) atoms. The molecule has 112 valence electrons. The first kappa shape index (κ1) is 15.8. The maximum absolute atomic E-state index is 13.6. The molecule has 2 rings (SSSR count). The molecule has 0 spiro atoms. The number of methoxy groups -OCH3 is 1. The topological polar surface area (TPSA) is 21.3 Å². The lowest BCUT2D eigenvalue weighted by atomic mass is 9.97. The van der Waals surface area contributed by atoms with E-state index in [1.807, 2.05) is 32.2 Å². The summed E-state index contributed by atoms with van der Waals surface area (Å²) in [6.45, 7) is 2.04. The van der Waals surface area contributed by atoms with Crippen LogP contribution in [0.2, 0.25) is 5.02 Å². The van der Waals surface area contributed by atoms with Crippen LogP contribution >= 0.6 is 11.6 Å². The summed E-state index contributed by atoms with van der Waals surface area (Å²) in [5.74, 6) is 0.445. The van der Waals surface area contributed by atoms with Crippen molar-refractivity contribution in [2.45, 2.75) is 19.4 Å². The van der Waals surface area contributed by atoms with Crippen molar-refractivity contribution >= 4 is 11.6 Å². The van der Waals surface area contributed by atoms with E-state index in [0.29, 0.717) is 6.42 Å². The Morgan fingerprint density at radius 2 is 2.00 bits per heavy atom. The van der Waals surface area contributed by atoms with Crippen LogP contribution in [0.3, 0.4) is 0 Å². The number of hydrogen-bond acceptors (Lipinski definition) is 2. The minimum absolute atomic E-state index is 0.00698. The molecule has 0 fully saturated rings. The van der Waals surface area contributed by atoms with Gasteiger partial charge in [-0.3, -0.25) is 0 Å².